The number of hydrogen-bond acceptors (Lipinski definition) is 3. The van der Waals surface area contributed by atoms with Crippen LogP contribution in [0.4, 0.5) is 5.69 Å². The van der Waals surface area contributed by atoms with Gasteiger partial charge < -0.3 is 5.32 Å². The van der Waals surface area contributed by atoms with Crippen LogP contribution >= 0.6 is 0 Å². The fraction of sp³-hybridized carbons (Fsp3) is 0.250. The van der Waals surface area contributed by atoms with E-state index >= 15 is 0 Å². The van der Waals surface area contributed by atoms with E-state index in [-0.39, 0.29) is 10.9 Å². The molecule has 0 heterocycles. The molecule has 0 aromatic heterocycles. The third-order valence-electron chi connectivity index (χ3n) is 3.56. The van der Waals surface area contributed by atoms with Crippen molar-refractivity contribution in [2.75, 3.05) is 5.32 Å². The summed E-state index contributed by atoms with van der Waals surface area (Å²) in [7, 11) is -3.69. The number of hydrogen-bond donors (Lipinski definition) is 2. The summed E-state index contributed by atoms with van der Waals surface area (Å²) in [5.74, 6) is 0. The molecule has 2 aromatic carbocycles. The summed E-state index contributed by atoms with van der Waals surface area (Å²) in [6, 6.07) is 13.0. The Morgan fingerprint density at radius 1 is 1.05 bits per heavy atom. The quantitative estimate of drug-likeness (QED) is 0.911. The summed E-state index contributed by atoms with van der Waals surface area (Å²) in [6.07, 6.45) is 0. The van der Waals surface area contributed by atoms with Crippen LogP contribution in [0.3, 0.4) is 0 Å². The number of anilines is 1. The number of nitrogens with one attached hydrogen (secondary N) is 1. The van der Waals surface area contributed by atoms with Gasteiger partial charge in [0.2, 0.25) is 10.0 Å². The lowest BCUT2D eigenvalue weighted by molar-refractivity contribution is 0.598. The molecule has 0 fully saturated rings. The molecule has 2 aromatic rings. The van der Waals surface area contributed by atoms with Gasteiger partial charge in [-0.15, -0.1) is 0 Å². The Labute approximate surface area is 126 Å². The van der Waals surface area contributed by atoms with Crippen LogP contribution < -0.4 is 10.5 Å². The van der Waals surface area contributed by atoms with Gasteiger partial charge in [0.25, 0.3) is 0 Å². The Morgan fingerprint density at radius 3 is 2.33 bits per heavy atom. The average Bonchev–Trinajstić information content (AvgIpc) is 2.40. The molecule has 1 atom stereocenters. The monoisotopic (exact) mass is 304 g/mol. The fourth-order valence-corrected chi connectivity index (χ4v) is 2.86. The predicted molar refractivity (Wildman–Crippen MR) is 85.8 cm³/mol. The lowest BCUT2D eigenvalue weighted by Crippen LogP contribution is -2.14. The minimum Gasteiger partial charge on any atom is -0.378 e. The van der Waals surface area contributed by atoms with Crippen molar-refractivity contribution in [1.29, 1.82) is 0 Å². The Bertz CT molecular complexity index is 755. The van der Waals surface area contributed by atoms with Crippen molar-refractivity contribution in [2.24, 2.45) is 5.14 Å². The number of primary sulfonamides is 1. The van der Waals surface area contributed by atoms with Crippen LogP contribution in [0.15, 0.2) is 47.4 Å². The van der Waals surface area contributed by atoms with Crippen molar-refractivity contribution in [2.45, 2.75) is 31.7 Å². The van der Waals surface area contributed by atoms with Gasteiger partial charge in [-0.3, -0.25) is 0 Å². The first-order chi connectivity index (χ1) is 9.79. The van der Waals surface area contributed by atoms with Gasteiger partial charge in [0.05, 0.1) is 4.90 Å². The Morgan fingerprint density at radius 2 is 1.71 bits per heavy atom. The van der Waals surface area contributed by atoms with Crippen molar-refractivity contribution in [3.05, 3.63) is 59.2 Å². The van der Waals surface area contributed by atoms with E-state index in [4.69, 9.17) is 5.14 Å². The number of aryl methyl sites for hydroxylation is 2. The molecular formula is C16H20N2O2S. The standard InChI is InChI=1S/C16H20N2O2S/c1-11-6-4-5-7-15(11)13(3)18-16-10-14(21(17,19)20)9-8-12(16)2/h4-10,13,18H,1-3H3,(H2,17,19,20). The molecule has 0 radical (unpaired) electrons. The van der Waals surface area contributed by atoms with Crippen molar-refractivity contribution in [3.8, 4) is 0 Å². The molecule has 5 heteroatoms. The Kier molecular flexibility index (Phi) is 4.34. The van der Waals surface area contributed by atoms with Crippen LogP contribution in [0.5, 0.6) is 0 Å². The Balaban J connectivity index is 2.33. The normalized spacial score (nSPS) is 13.0. The lowest BCUT2D eigenvalue weighted by Gasteiger charge is -2.19. The summed E-state index contributed by atoms with van der Waals surface area (Å²) < 4.78 is 22.9. The summed E-state index contributed by atoms with van der Waals surface area (Å²) in [5, 5.41) is 8.55. The maximum absolute atomic E-state index is 11.5. The van der Waals surface area contributed by atoms with E-state index in [1.165, 1.54) is 17.2 Å². The van der Waals surface area contributed by atoms with Gasteiger partial charge >= 0.3 is 0 Å². The SMILES string of the molecule is Cc1ccc(S(N)(=O)=O)cc1NC(C)c1ccccc1C. The van der Waals surface area contributed by atoms with E-state index in [0.29, 0.717) is 0 Å². The highest BCUT2D eigenvalue weighted by Crippen LogP contribution is 2.26. The van der Waals surface area contributed by atoms with Gasteiger partial charge in [0.1, 0.15) is 0 Å². The summed E-state index contributed by atoms with van der Waals surface area (Å²) >= 11 is 0. The van der Waals surface area contributed by atoms with Crippen molar-refractivity contribution >= 4 is 15.7 Å². The largest absolute Gasteiger partial charge is 0.378 e. The molecule has 0 saturated heterocycles. The van der Waals surface area contributed by atoms with E-state index in [9.17, 15) is 8.42 Å². The fourth-order valence-electron chi connectivity index (χ4n) is 2.32. The molecule has 0 aliphatic heterocycles. The van der Waals surface area contributed by atoms with Gasteiger partial charge in [-0.25, -0.2) is 13.6 Å². The molecule has 0 bridgehead atoms. The molecule has 0 saturated carbocycles. The molecule has 3 N–H and O–H groups in total. The third kappa shape index (κ3) is 3.62. The van der Waals surface area contributed by atoms with Crippen LogP contribution in [-0.4, -0.2) is 8.42 Å². The van der Waals surface area contributed by atoms with Crippen molar-refractivity contribution < 1.29 is 8.42 Å². The van der Waals surface area contributed by atoms with E-state index in [2.05, 4.69) is 24.4 Å². The highest BCUT2D eigenvalue weighted by molar-refractivity contribution is 7.89. The average molecular weight is 304 g/mol. The second kappa shape index (κ2) is 5.87. The van der Waals surface area contributed by atoms with Gasteiger partial charge in [-0.05, 0) is 49.6 Å². The second-order valence-corrected chi connectivity index (χ2v) is 6.81. The molecule has 0 aliphatic carbocycles. The summed E-state index contributed by atoms with van der Waals surface area (Å²) in [4.78, 5) is 0.118. The maximum atomic E-state index is 11.5. The lowest BCUT2D eigenvalue weighted by atomic mass is 10.0. The van der Waals surface area contributed by atoms with Crippen LogP contribution in [0.25, 0.3) is 0 Å². The first kappa shape index (κ1) is 15.5. The molecule has 112 valence electrons. The van der Waals surface area contributed by atoms with Gasteiger partial charge in [0.15, 0.2) is 0 Å². The molecule has 21 heavy (non-hydrogen) atoms. The van der Waals surface area contributed by atoms with Gasteiger partial charge in [-0.1, -0.05) is 30.3 Å². The minimum atomic E-state index is -3.69. The first-order valence-corrected chi connectivity index (χ1v) is 8.29. The van der Waals surface area contributed by atoms with Crippen LogP contribution in [0.1, 0.15) is 29.7 Å². The highest BCUT2D eigenvalue weighted by Gasteiger charge is 2.13. The number of rotatable bonds is 4. The van der Waals surface area contributed by atoms with Crippen molar-refractivity contribution in [3.63, 3.8) is 0 Å². The van der Waals surface area contributed by atoms with E-state index in [1.54, 1.807) is 12.1 Å². The zero-order valence-electron chi connectivity index (χ0n) is 12.4. The molecule has 0 amide bonds. The molecule has 1 unspecified atom stereocenters. The topological polar surface area (TPSA) is 72.2 Å². The number of benzene rings is 2. The van der Waals surface area contributed by atoms with Gasteiger partial charge in [0, 0.05) is 11.7 Å². The highest BCUT2D eigenvalue weighted by atomic mass is 32.2. The molecular weight excluding hydrogens is 284 g/mol. The zero-order valence-corrected chi connectivity index (χ0v) is 13.2. The van der Waals surface area contributed by atoms with Gasteiger partial charge in [-0.2, -0.15) is 0 Å². The smallest absolute Gasteiger partial charge is 0.238 e. The minimum absolute atomic E-state index is 0.0700. The second-order valence-electron chi connectivity index (χ2n) is 5.24. The van der Waals surface area contributed by atoms with Crippen LogP contribution in [-0.2, 0) is 10.0 Å². The number of sulfonamides is 1. The van der Waals surface area contributed by atoms with E-state index in [0.717, 1.165) is 11.3 Å². The van der Waals surface area contributed by atoms with E-state index in [1.807, 2.05) is 26.0 Å². The summed E-state index contributed by atoms with van der Waals surface area (Å²) in [5.41, 5.74) is 4.12. The molecule has 4 nitrogen and oxygen atoms in total. The Hall–Kier alpha value is -1.85. The predicted octanol–water partition coefficient (Wildman–Crippen LogP) is 3.12. The third-order valence-corrected chi connectivity index (χ3v) is 4.48. The maximum Gasteiger partial charge on any atom is 0.238 e. The zero-order chi connectivity index (χ0) is 15.6. The van der Waals surface area contributed by atoms with Crippen LogP contribution in [0, 0.1) is 13.8 Å². The van der Waals surface area contributed by atoms with E-state index < -0.39 is 10.0 Å². The molecule has 0 spiro atoms. The van der Waals surface area contributed by atoms with Crippen LogP contribution in [0.2, 0.25) is 0 Å². The first-order valence-electron chi connectivity index (χ1n) is 6.74. The molecule has 2 rings (SSSR count). The van der Waals surface area contributed by atoms with Crippen molar-refractivity contribution in [1.82, 2.24) is 0 Å². The molecule has 0 aliphatic rings. The summed E-state index contributed by atoms with van der Waals surface area (Å²) in [6.45, 7) is 6.03. The number of nitrogens with two attached hydrogens (primary N) is 1.